The summed E-state index contributed by atoms with van der Waals surface area (Å²) in [6, 6.07) is 10.9. The molecule has 6 heteroatoms. The minimum atomic E-state index is 0. The molecule has 2 N–H and O–H groups in total. The van der Waals surface area contributed by atoms with Crippen molar-refractivity contribution in [2.75, 3.05) is 19.6 Å². The summed E-state index contributed by atoms with van der Waals surface area (Å²) in [6.45, 7) is 4.05. The number of likely N-dealkylation sites (tertiary alicyclic amines) is 1. The van der Waals surface area contributed by atoms with Crippen molar-refractivity contribution in [2.24, 2.45) is 0 Å². The molecule has 3 rings (SSSR count). The molecule has 4 nitrogen and oxygen atoms in total. The molecule has 2 saturated heterocycles. The van der Waals surface area contributed by atoms with Crippen molar-refractivity contribution in [3.63, 3.8) is 0 Å². The molecule has 0 radical (unpaired) electrons. The lowest BCUT2D eigenvalue weighted by atomic mass is 10.0. The smallest absolute Gasteiger partial charge is 0.237 e. The van der Waals surface area contributed by atoms with Gasteiger partial charge in [0.15, 0.2) is 0 Å². The first-order valence-electron chi connectivity index (χ1n) is 8.11. The lowest BCUT2D eigenvalue weighted by Crippen LogP contribution is -2.51. The zero-order valence-corrected chi connectivity index (χ0v) is 15.0. The fourth-order valence-electron chi connectivity index (χ4n) is 3.37. The highest BCUT2D eigenvalue weighted by Crippen LogP contribution is 2.14. The molecule has 0 aromatic heterocycles. The summed E-state index contributed by atoms with van der Waals surface area (Å²) in [5, 5.41) is 6.50. The number of piperidine rings is 1. The van der Waals surface area contributed by atoms with E-state index in [0.717, 1.165) is 51.9 Å². The lowest BCUT2D eigenvalue weighted by Gasteiger charge is -2.33. The minimum absolute atomic E-state index is 0. The maximum atomic E-state index is 12.2. The van der Waals surface area contributed by atoms with Gasteiger partial charge in [-0.2, -0.15) is 0 Å². The Bertz CT molecular complexity index is 466. The summed E-state index contributed by atoms with van der Waals surface area (Å²) in [7, 11) is 0. The third kappa shape index (κ3) is 5.96. The quantitative estimate of drug-likeness (QED) is 0.867. The van der Waals surface area contributed by atoms with Crippen molar-refractivity contribution in [1.29, 1.82) is 0 Å². The van der Waals surface area contributed by atoms with Gasteiger partial charge < -0.3 is 10.6 Å². The Hall–Kier alpha value is -0.810. The molecule has 1 aromatic carbocycles. The van der Waals surface area contributed by atoms with Gasteiger partial charge in [0.25, 0.3) is 0 Å². The van der Waals surface area contributed by atoms with Crippen LogP contribution >= 0.6 is 24.8 Å². The van der Waals surface area contributed by atoms with E-state index in [-0.39, 0.29) is 36.8 Å². The number of hydrogen-bond acceptors (Lipinski definition) is 3. The normalized spacial score (nSPS) is 24.3. The van der Waals surface area contributed by atoms with Crippen LogP contribution < -0.4 is 10.6 Å². The number of halogens is 2. The number of nitrogens with zero attached hydrogens (tertiary/aromatic N) is 1. The Kier molecular flexibility index (Phi) is 8.92. The molecule has 23 heavy (non-hydrogen) atoms. The maximum Gasteiger partial charge on any atom is 0.237 e. The van der Waals surface area contributed by atoms with E-state index in [4.69, 9.17) is 0 Å². The molecule has 0 bridgehead atoms. The van der Waals surface area contributed by atoms with E-state index in [0.29, 0.717) is 6.04 Å². The van der Waals surface area contributed by atoms with Crippen molar-refractivity contribution >= 4 is 30.7 Å². The van der Waals surface area contributed by atoms with E-state index in [9.17, 15) is 4.79 Å². The van der Waals surface area contributed by atoms with Gasteiger partial charge >= 0.3 is 0 Å². The summed E-state index contributed by atoms with van der Waals surface area (Å²) in [5.41, 5.74) is 1.35. The minimum Gasteiger partial charge on any atom is -0.351 e. The predicted molar refractivity (Wildman–Crippen MR) is 98.4 cm³/mol. The molecule has 0 saturated carbocycles. The Morgan fingerprint density at radius 3 is 2.65 bits per heavy atom. The molecule has 1 aromatic rings. The number of carbonyl (C=O) groups is 1. The second-order valence-electron chi connectivity index (χ2n) is 6.22. The first-order valence-corrected chi connectivity index (χ1v) is 8.11. The molecule has 130 valence electrons. The molecule has 2 unspecified atom stereocenters. The largest absolute Gasteiger partial charge is 0.351 e. The summed E-state index contributed by atoms with van der Waals surface area (Å²) >= 11 is 0. The first kappa shape index (κ1) is 20.2. The number of nitrogens with one attached hydrogen (secondary N) is 2. The Balaban J connectivity index is 0.00000132. The van der Waals surface area contributed by atoms with E-state index in [1.807, 2.05) is 0 Å². The highest BCUT2D eigenvalue weighted by molar-refractivity contribution is 5.85. The average Bonchev–Trinajstić information content (AvgIpc) is 3.03. The highest BCUT2D eigenvalue weighted by atomic mass is 35.5. The highest BCUT2D eigenvalue weighted by Gasteiger charge is 2.26. The van der Waals surface area contributed by atoms with Crippen LogP contribution in [0.4, 0.5) is 0 Å². The summed E-state index contributed by atoms with van der Waals surface area (Å²) in [4.78, 5) is 14.6. The number of hydrogen-bond donors (Lipinski definition) is 2. The molecule has 2 aliphatic rings. The van der Waals surface area contributed by atoms with Crippen LogP contribution in [0.15, 0.2) is 30.3 Å². The van der Waals surface area contributed by atoms with Gasteiger partial charge in [-0.25, -0.2) is 0 Å². The first-order chi connectivity index (χ1) is 10.3. The fourth-order valence-corrected chi connectivity index (χ4v) is 3.37. The van der Waals surface area contributed by atoms with Gasteiger partial charge in [-0.3, -0.25) is 9.69 Å². The van der Waals surface area contributed by atoms with Gasteiger partial charge in [-0.1, -0.05) is 30.3 Å². The molecule has 2 aliphatic heterocycles. The number of rotatable bonds is 4. The number of amides is 1. The summed E-state index contributed by atoms with van der Waals surface area (Å²) in [6.07, 6.45) is 4.36. The molecular formula is C17H27Cl2N3O. The van der Waals surface area contributed by atoms with Crippen LogP contribution in [0, 0.1) is 0 Å². The molecule has 2 fully saturated rings. The lowest BCUT2D eigenvalue weighted by molar-refractivity contribution is -0.123. The van der Waals surface area contributed by atoms with E-state index < -0.39 is 0 Å². The van der Waals surface area contributed by atoms with Gasteiger partial charge in [0, 0.05) is 19.1 Å². The van der Waals surface area contributed by atoms with Crippen LogP contribution in [0.5, 0.6) is 0 Å². The van der Waals surface area contributed by atoms with E-state index in [2.05, 4.69) is 45.9 Å². The predicted octanol–water partition coefficient (Wildman–Crippen LogP) is 2.36. The van der Waals surface area contributed by atoms with Gasteiger partial charge in [-0.05, 0) is 44.3 Å². The van der Waals surface area contributed by atoms with Crippen LogP contribution in [-0.2, 0) is 11.3 Å². The second-order valence-corrected chi connectivity index (χ2v) is 6.22. The zero-order chi connectivity index (χ0) is 14.5. The van der Waals surface area contributed by atoms with Crippen LogP contribution in [0.25, 0.3) is 0 Å². The fraction of sp³-hybridized carbons (Fsp3) is 0.588. The molecule has 0 aliphatic carbocycles. The van der Waals surface area contributed by atoms with Crippen molar-refractivity contribution in [3.8, 4) is 0 Å². The third-order valence-corrected chi connectivity index (χ3v) is 4.48. The Labute approximate surface area is 151 Å². The van der Waals surface area contributed by atoms with Gasteiger partial charge in [0.2, 0.25) is 5.91 Å². The van der Waals surface area contributed by atoms with Crippen LogP contribution in [0.2, 0.25) is 0 Å². The van der Waals surface area contributed by atoms with Crippen LogP contribution in [0.3, 0.4) is 0 Å². The van der Waals surface area contributed by atoms with E-state index in [1.54, 1.807) is 0 Å². The SMILES string of the molecule is Cl.Cl.O=C(NC1CCCN(Cc2ccccc2)C1)C1CCCN1. The van der Waals surface area contributed by atoms with Gasteiger partial charge in [-0.15, -0.1) is 24.8 Å². The van der Waals surface area contributed by atoms with Crippen LogP contribution in [0.1, 0.15) is 31.2 Å². The standard InChI is InChI=1S/C17H25N3O.2ClH/c21-17(16-9-4-10-18-16)19-15-8-5-11-20(13-15)12-14-6-2-1-3-7-14;;/h1-3,6-7,15-16,18H,4-5,8-13H2,(H,19,21);2*1H. The van der Waals surface area contributed by atoms with Crippen LogP contribution in [-0.4, -0.2) is 42.5 Å². The molecular weight excluding hydrogens is 333 g/mol. The third-order valence-electron chi connectivity index (χ3n) is 4.48. The molecule has 0 spiro atoms. The maximum absolute atomic E-state index is 12.2. The van der Waals surface area contributed by atoms with E-state index >= 15 is 0 Å². The molecule has 2 heterocycles. The van der Waals surface area contributed by atoms with Gasteiger partial charge in [0.05, 0.1) is 6.04 Å². The molecule has 1 amide bonds. The Morgan fingerprint density at radius 2 is 1.96 bits per heavy atom. The van der Waals surface area contributed by atoms with E-state index in [1.165, 1.54) is 5.56 Å². The number of benzene rings is 1. The Morgan fingerprint density at radius 1 is 1.17 bits per heavy atom. The van der Waals surface area contributed by atoms with Crippen molar-refractivity contribution in [1.82, 2.24) is 15.5 Å². The van der Waals surface area contributed by atoms with Crippen molar-refractivity contribution < 1.29 is 4.79 Å². The topological polar surface area (TPSA) is 44.4 Å². The zero-order valence-electron chi connectivity index (χ0n) is 13.4. The van der Waals surface area contributed by atoms with Gasteiger partial charge in [0.1, 0.15) is 0 Å². The number of carbonyl (C=O) groups excluding carboxylic acids is 1. The summed E-state index contributed by atoms with van der Waals surface area (Å²) < 4.78 is 0. The van der Waals surface area contributed by atoms with Crippen molar-refractivity contribution in [2.45, 2.75) is 44.3 Å². The molecule has 2 atom stereocenters. The average molecular weight is 360 g/mol. The summed E-state index contributed by atoms with van der Waals surface area (Å²) in [5.74, 6) is 0.194. The monoisotopic (exact) mass is 359 g/mol. The second kappa shape index (κ2) is 10.1. The van der Waals surface area contributed by atoms with Crippen molar-refractivity contribution in [3.05, 3.63) is 35.9 Å².